The molecular formula is C12H18Br2N2OS. The van der Waals surface area contributed by atoms with Gasteiger partial charge in [0.1, 0.15) is 0 Å². The Balaban J connectivity index is 2.50. The number of rotatable bonds is 6. The van der Waals surface area contributed by atoms with Crippen molar-refractivity contribution in [2.45, 2.75) is 33.4 Å². The monoisotopic (exact) mass is 396 g/mol. The molecule has 1 N–H and O–H groups in total. The van der Waals surface area contributed by atoms with E-state index < -0.39 is 0 Å². The molecule has 6 heteroatoms. The second kappa shape index (κ2) is 7.62. The van der Waals surface area contributed by atoms with Gasteiger partial charge < -0.3 is 10.2 Å². The summed E-state index contributed by atoms with van der Waals surface area (Å²) in [6.07, 6.45) is 0. The molecule has 1 unspecified atom stereocenters. The molecule has 1 atom stereocenters. The molecule has 0 radical (unpaired) electrons. The molecule has 1 aromatic rings. The number of nitrogens with zero attached hydrogens (tertiary/aromatic N) is 1. The van der Waals surface area contributed by atoms with E-state index in [0.717, 1.165) is 21.3 Å². The lowest BCUT2D eigenvalue weighted by atomic mass is 10.2. The van der Waals surface area contributed by atoms with E-state index in [1.807, 2.05) is 25.7 Å². The van der Waals surface area contributed by atoms with Gasteiger partial charge in [-0.1, -0.05) is 0 Å². The highest BCUT2D eigenvalue weighted by atomic mass is 79.9. The molecule has 0 saturated heterocycles. The standard InChI is InChI=1S/C12H18Br2N2OS/c1-4-16(5-2)12(17)8(3)15-7-9-6-10(13)11(14)18-9/h6,8,15H,4-5,7H2,1-3H3. The summed E-state index contributed by atoms with van der Waals surface area (Å²) in [6.45, 7) is 8.15. The van der Waals surface area contributed by atoms with Crippen molar-refractivity contribution in [2.75, 3.05) is 13.1 Å². The molecule has 1 heterocycles. The van der Waals surface area contributed by atoms with Crippen molar-refractivity contribution in [3.05, 3.63) is 19.2 Å². The van der Waals surface area contributed by atoms with Crippen LogP contribution in [0.2, 0.25) is 0 Å². The van der Waals surface area contributed by atoms with Gasteiger partial charge in [-0.15, -0.1) is 11.3 Å². The molecule has 1 rings (SSSR count). The molecule has 102 valence electrons. The number of carbonyl (C=O) groups is 1. The normalized spacial score (nSPS) is 12.5. The van der Waals surface area contributed by atoms with Gasteiger partial charge in [-0.05, 0) is 58.7 Å². The molecule has 18 heavy (non-hydrogen) atoms. The summed E-state index contributed by atoms with van der Waals surface area (Å²) in [7, 11) is 0. The summed E-state index contributed by atoms with van der Waals surface area (Å²) in [5.41, 5.74) is 0. The smallest absolute Gasteiger partial charge is 0.239 e. The van der Waals surface area contributed by atoms with Crippen LogP contribution in [0.1, 0.15) is 25.6 Å². The third-order valence-corrected chi connectivity index (χ3v) is 5.98. The number of amides is 1. The number of halogens is 2. The molecule has 0 saturated carbocycles. The fraction of sp³-hybridized carbons (Fsp3) is 0.583. The van der Waals surface area contributed by atoms with Gasteiger partial charge in [0.2, 0.25) is 5.91 Å². The van der Waals surface area contributed by atoms with E-state index in [9.17, 15) is 4.79 Å². The second-order valence-corrected chi connectivity index (χ2v) is 7.26. The highest BCUT2D eigenvalue weighted by molar-refractivity contribution is 9.13. The summed E-state index contributed by atoms with van der Waals surface area (Å²) in [6, 6.07) is 1.92. The van der Waals surface area contributed by atoms with Gasteiger partial charge in [0.15, 0.2) is 0 Å². The number of hydrogen-bond donors (Lipinski definition) is 1. The third kappa shape index (κ3) is 4.33. The predicted molar refractivity (Wildman–Crippen MR) is 83.9 cm³/mol. The van der Waals surface area contributed by atoms with E-state index in [4.69, 9.17) is 0 Å². The molecule has 0 spiro atoms. The Kier molecular flexibility index (Phi) is 6.84. The van der Waals surface area contributed by atoms with Gasteiger partial charge in [-0.25, -0.2) is 0 Å². The quantitative estimate of drug-likeness (QED) is 0.794. The van der Waals surface area contributed by atoms with Crippen LogP contribution in [0.25, 0.3) is 0 Å². The Morgan fingerprint density at radius 3 is 2.50 bits per heavy atom. The first-order valence-corrected chi connectivity index (χ1v) is 8.35. The Bertz CT molecular complexity index is 385. The van der Waals surface area contributed by atoms with Crippen LogP contribution < -0.4 is 5.32 Å². The molecule has 3 nitrogen and oxygen atoms in total. The first-order valence-electron chi connectivity index (χ1n) is 5.95. The zero-order chi connectivity index (χ0) is 13.7. The molecule has 1 amide bonds. The first kappa shape index (κ1) is 16.1. The molecule has 0 aliphatic carbocycles. The fourth-order valence-electron chi connectivity index (χ4n) is 1.63. The van der Waals surface area contributed by atoms with Crippen LogP contribution in [0.3, 0.4) is 0 Å². The van der Waals surface area contributed by atoms with Crippen molar-refractivity contribution in [1.82, 2.24) is 10.2 Å². The Labute approximate surface area is 129 Å². The number of likely N-dealkylation sites (N-methyl/N-ethyl adjacent to an activating group) is 1. The second-order valence-electron chi connectivity index (χ2n) is 3.95. The number of carbonyl (C=O) groups excluding carboxylic acids is 1. The van der Waals surface area contributed by atoms with E-state index in [2.05, 4.69) is 43.2 Å². The topological polar surface area (TPSA) is 32.3 Å². The van der Waals surface area contributed by atoms with Crippen LogP contribution in [0, 0.1) is 0 Å². The van der Waals surface area contributed by atoms with Gasteiger partial charge in [0, 0.05) is 29.0 Å². The highest BCUT2D eigenvalue weighted by Crippen LogP contribution is 2.32. The molecule has 1 aromatic heterocycles. The maximum absolute atomic E-state index is 12.0. The van der Waals surface area contributed by atoms with E-state index in [1.165, 1.54) is 4.88 Å². The maximum Gasteiger partial charge on any atom is 0.239 e. The third-order valence-electron chi connectivity index (χ3n) is 2.72. The van der Waals surface area contributed by atoms with E-state index in [-0.39, 0.29) is 11.9 Å². The van der Waals surface area contributed by atoms with Gasteiger partial charge in [0.25, 0.3) is 0 Å². The largest absolute Gasteiger partial charge is 0.342 e. The van der Waals surface area contributed by atoms with Gasteiger partial charge in [0.05, 0.1) is 9.83 Å². The summed E-state index contributed by atoms with van der Waals surface area (Å²) in [4.78, 5) is 15.1. The molecule has 0 bridgehead atoms. The predicted octanol–water partition coefficient (Wildman–Crippen LogP) is 3.62. The van der Waals surface area contributed by atoms with Crippen molar-refractivity contribution < 1.29 is 4.79 Å². The Morgan fingerprint density at radius 1 is 1.44 bits per heavy atom. The molecule has 0 aliphatic rings. The van der Waals surface area contributed by atoms with Crippen molar-refractivity contribution in [3.63, 3.8) is 0 Å². The van der Waals surface area contributed by atoms with Crippen molar-refractivity contribution in [2.24, 2.45) is 0 Å². The zero-order valence-corrected chi connectivity index (χ0v) is 14.8. The van der Waals surface area contributed by atoms with Gasteiger partial charge in [-0.2, -0.15) is 0 Å². The summed E-state index contributed by atoms with van der Waals surface area (Å²) in [5, 5.41) is 3.27. The average molecular weight is 398 g/mol. The van der Waals surface area contributed by atoms with Crippen LogP contribution >= 0.6 is 43.2 Å². The van der Waals surface area contributed by atoms with Crippen molar-refractivity contribution >= 4 is 49.1 Å². The zero-order valence-electron chi connectivity index (χ0n) is 10.8. The molecule has 0 aliphatic heterocycles. The lowest BCUT2D eigenvalue weighted by Crippen LogP contribution is -2.44. The minimum atomic E-state index is -0.149. The SMILES string of the molecule is CCN(CC)C(=O)C(C)NCc1cc(Br)c(Br)s1. The van der Waals surface area contributed by atoms with E-state index in [0.29, 0.717) is 6.54 Å². The van der Waals surface area contributed by atoms with Crippen LogP contribution in [-0.4, -0.2) is 29.9 Å². The van der Waals surface area contributed by atoms with E-state index in [1.54, 1.807) is 11.3 Å². The molecule has 0 fully saturated rings. The number of hydrogen-bond acceptors (Lipinski definition) is 3. The van der Waals surface area contributed by atoms with Crippen LogP contribution in [-0.2, 0) is 11.3 Å². The lowest BCUT2D eigenvalue weighted by Gasteiger charge is -2.23. The van der Waals surface area contributed by atoms with Crippen molar-refractivity contribution in [3.8, 4) is 0 Å². The average Bonchev–Trinajstić information content (AvgIpc) is 2.67. The summed E-state index contributed by atoms with van der Waals surface area (Å²) < 4.78 is 2.15. The molecule has 0 aromatic carbocycles. The van der Waals surface area contributed by atoms with Gasteiger partial charge in [-0.3, -0.25) is 4.79 Å². The first-order chi connectivity index (χ1) is 8.49. The minimum Gasteiger partial charge on any atom is -0.342 e. The lowest BCUT2D eigenvalue weighted by molar-refractivity contribution is -0.132. The van der Waals surface area contributed by atoms with Gasteiger partial charge >= 0.3 is 0 Å². The van der Waals surface area contributed by atoms with Crippen LogP contribution in [0.15, 0.2) is 14.3 Å². The highest BCUT2D eigenvalue weighted by Gasteiger charge is 2.17. The summed E-state index contributed by atoms with van der Waals surface area (Å²) in [5.74, 6) is 0.162. The Morgan fingerprint density at radius 2 is 2.06 bits per heavy atom. The van der Waals surface area contributed by atoms with Crippen LogP contribution in [0.5, 0.6) is 0 Å². The fourth-order valence-corrected chi connectivity index (χ4v) is 3.76. The summed E-state index contributed by atoms with van der Waals surface area (Å²) >= 11 is 8.59. The molecular weight excluding hydrogens is 380 g/mol. The van der Waals surface area contributed by atoms with Crippen LogP contribution in [0.4, 0.5) is 0 Å². The Hall–Kier alpha value is 0.0900. The number of nitrogens with one attached hydrogen (secondary N) is 1. The minimum absolute atomic E-state index is 0.149. The maximum atomic E-state index is 12.0. The number of thiophene rings is 1. The van der Waals surface area contributed by atoms with Crippen molar-refractivity contribution in [1.29, 1.82) is 0 Å². The van der Waals surface area contributed by atoms with E-state index >= 15 is 0 Å².